The molecule has 0 saturated heterocycles. The van der Waals surface area contributed by atoms with Gasteiger partial charge in [-0.15, -0.1) is 0 Å². The van der Waals surface area contributed by atoms with Gasteiger partial charge in [-0.2, -0.15) is 4.72 Å². The number of hydrogen-bond acceptors (Lipinski definition) is 4. The predicted octanol–water partition coefficient (Wildman–Crippen LogP) is 4.23. The minimum absolute atomic E-state index is 0.0835. The van der Waals surface area contributed by atoms with Gasteiger partial charge >= 0.3 is 0 Å². The molecule has 0 aliphatic heterocycles. The fourth-order valence-corrected chi connectivity index (χ4v) is 4.61. The van der Waals surface area contributed by atoms with Gasteiger partial charge in [-0.3, -0.25) is 4.79 Å². The van der Waals surface area contributed by atoms with Crippen LogP contribution in [0.1, 0.15) is 23.6 Å². The van der Waals surface area contributed by atoms with Gasteiger partial charge in [0.2, 0.25) is 15.9 Å². The number of ether oxygens (including phenoxy) is 1. The van der Waals surface area contributed by atoms with Crippen LogP contribution in [0, 0.1) is 13.8 Å². The molecular weight excluding hydrogens is 424 g/mol. The maximum absolute atomic E-state index is 13.1. The summed E-state index contributed by atoms with van der Waals surface area (Å²) in [6.07, 6.45) is 0.216. The molecule has 168 valence electrons. The quantitative estimate of drug-likeness (QED) is 0.509. The lowest BCUT2D eigenvalue weighted by molar-refractivity contribution is -0.117. The number of sulfonamides is 1. The molecular formula is C25H28N2O4S. The molecule has 1 atom stereocenters. The molecule has 3 aromatic rings. The van der Waals surface area contributed by atoms with Crippen LogP contribution in [-0.2, 0) is 21.2 Å². The number of aryl methyl sites for hydroxylation is 2. The number of rotatable bonds is 9. The largest absolute Gasteiger partial charge is 0.494 e. The van der Waals surface area contributed by atoms with E-state index in [-0.39, 0.29) is 11.3 Å². The van der Waals surface area contributed by atoms with Crippen molar-refractivity contribution in [1.82, 2.24) is 4.72 Å². The highest BCUT2D eigenvalue weighted by Crippen LogP contribution is 2.22. The van der Waals surface area contributed by atoms with Gasteiger partial charge in [0.1, 0.15) is 11.8 Å². The molecule has 0 bridgehead atoms. The number of carbonyl (C=O) groups excluding carboxylic acids is 1. The van der Waals surface area contributed by atoms with Gasteiger partial charge < -0.3 is 10.1 Å². The molecule has 0 aliphatic rings. The van der Waals surface area contributed by atoms with Crippen molar-refractivity contribution in [3.63, 3.8) is 0 Å². The van der Waals surface area contributed by atoms with Crippen LogP contribution < -0.4 is 14.8 Å². The van der Waals surface area contributed by atoms with Gasteiger partial charge in [0.05, 0.1) is 11.5 Å². The second-order valence-electron chi connectivity index (χ2n) is 7.53. The van der Waals surface area contributed by atoms with E-state index in [0.717, 1.165) is 11.1 Å². The third kappa shape index (κ3) is 5.96. The molecule has 0 fully saturated rings. The second-order valence-corrected chi connectivity index (χ2v) is 9.24. The van der Waals surface area contributed by atoms with Crippen molar-refractivity contribution in [2.24, 2.45) is 0 Å². The summed E-state index contributed by atoms with van der Waals surface area (Å²) in [5, 5.41) is 2.86. The van der Waals surface area contributed by atoms with Crippen molar-refractivity contribution in [3.05, 3.63) is 89.5 Å². The average Bonchev–Trinajstić information content (AvgIpc) is 2.77. The smallest absolute Gasteiger partial charge is 0.242 e. The summed E-state index contributed by atoms with van der Waals surface area (Å²) in [7, 11) is -3.95. The Morgan fingerprint density at radius 2 is 1.62 bits per heavy atom. The van der Waals surface area contributed by atoms with E-state index in [9.17, 15) is 13.2 Å². The molecule has 0 radical (unpaired) electrons. The SMILES string of the molecule is CCOc1ccc(S(=O)(=O)NC(Cc2ccccc2)C(=O)Nc2ccccc2C)cc1C. The molecule has 3 aromatic carbocycles. The van der Waals surface area contributed by atoms with E-state index in [2.05, 4.69) is 10.0 Å². The van der Waals surface area contributed by atoms with Gasteiger partial charge in [0.15, 0.2) is 0 Å². The van der Waals surface area contributed by atoms with E-state index in [1.165, 1.54) is 6.07 Å². The van der Waals surface area contributed by atoms with E-state index in [1.54, 1.807) is 25.1 Å². The lowest BCUT2D eigenvalue weighted by Crippen LogP contribution is -2.45. The number of benzene rings is 3. The van der Waals surface area contributed by atoms with Crippen LogP contribution in [0.2, 0.25) is 0 Å². The Morgan fingerprint density at radius 1 is 0.938 bits per heavy atom. The van der Waals surface area contributed by atoms with Gasteiger partial charge in [-0.25, -0.2) is 8.42 Å². The van der Waals surface area contributed by atoms with Gasteiger partial charge in [-0.05, 0) is 68.1 Å². The summed E-state index contributed by atoms with van der Waals surface area (Å²) in [4.78, 5) is 13.2. The van der Waals surface area contributed by atoms with Crippen LogP contribution in [-0.4, -0.2) is 27.0 Å². The van der Waals surface area contributed by atoms with Crippen molar-refractivity contribution in [2.75, 3.05) is 11.9 Å². The number of hydrogen-bond donors (Lipinski definition) is 2. The Balaban J connectivity index is 1.88. The molecule has 0 spiro atoms. The van der Waals surface area contributed by atoms with E-state index < -0.39 is 22.0 Å². The number of carbonyl (C=O) groups is 1. The van der Waals surface area contributed by atoms with Crippen molar-refractivity contribution in [2.45, 2.75) is 38.1 Å². The highest BCUT2D eigenvalue weighted by molar-refractivity contribution is 7.89. The Labute approximate surface area is 189 Å². The number of para-hydroxylation sites is 1. The Morgan fingerprint density at radius 3 is 2.28 bits per heavy atom. The summed E-state index contributed by atoms with van der Waals surface area (Å²) in [6.45, 7) is 6.03. The molecule has 1 unspecified atom stereocenters. The molecule has 0 saturated carbocycles. The predicted molar refractivity (Wildman–Crippen MR) is 126 cm³/mol. The highest BCUT2D eigenvalue weighted by atomic mass is 32.2. The molecule has 0 aliphatic carbocycles. The minimum atomic E-state index is -3.95. The topological polar surface area (TPSA) is 84.5 Å². The summed E-state index contributed by atoms with van der Waals surface area (Å²) < 4.78 is 34.4. The first kappa shape index (κ1) is 23.5. The molecule has 2 N–H and O–H groups in total. The average molecular weight is 453 g/mol. The molecule has 0 heterocycles. The van der Waals surface area contributed by atoms with E-state index >= 15 is 0 Å². The maximum Gasteiger partial charge on any atom is 0.242 e. The Bertz CT molecular complexity index is 1180. The van der Waals surface area contributed by atoms with Gasteiger partial charge in [-0.1, -0.05) is 48.5 Å². The number of amides is 1. The Hall–Kier alpha value is -3.16. The van der Waals surface area contributed by atoms with E-state index in [4.69, 9.17) is 4.74 Å². The van der Waals surface area contributed by atoms with Crippen LogP contribution in [0.25, 0.3) is 0 Å². The van der Waals surface area contributed by atoms with E-state index in [0.29, 0.717) is 23.6 Å². The third-order valence-corrected chi connectivity index (χ3v) is 6.53. The van der Waals surface area contributed by atoms with Crippen molar-refractivity contribution in [3.8, 4) is 5.75 Å². The van der Waals surface area contributed by atoms with Gasteiger partial charge in [0.25, 0.3) is 0 Å². The summed E-state index contributed by atoms with van der Waals surface area (Å²) in [6, 6.07) is 20.4. The van der Waals surface area contributed by atoms with Crippen molar-refractivity contribution < 1.29 is 17.9 Å². The van der Waals surface area contributed by atoms with Crippen LogP contribution in [0.4, 0.5) is 5.69 Å². The molecule has 3 rings (SSSR count). The Kier molecular flexibility index (Phi) is 7.66. The lowest BCUT2D eigenvalue weighted by atomic mass is 10.1. The molecule has 6 nitrogen and oxygen atoms in total. The van der Waals surface area contributed by atoms with Crippen molar-refractivity contribution in [1.29, 1.82) is 0 Å². The van der Waals surface area contributed by atoms with Crippen LogP contribution in [0.15, 0.2) is 77.7 Å². The molecule has 32 heavy (non-hydrogen) atoms. The van der Waals surface area contributed by atoms with Crippen LogP contribution >= 0.6 is 0 Å². The lowest BCUT2D eigenvalue weighted by Gasteiger charge is -2.20. The summed E-state index contributed by atoms with van der Waals surface area (Å²) in [5.41, 5.74) is 3.10. The highest BCUT2D eigenvalue weighted by Gasteiger charge is 2.27. The molecule has 1 amide bonds. The first-order valence-corrected chi connectivity index (χ1v) is 11.9. The van der Waals surface area contributed by atoms with Crippen LogP contribution in [0.5, 0.6) is 5.75 Å². The summed E-state index contributed by atoms with van der Waals surface area (Å²) >= 11 is 0. The van der Waals surface area contributed by atoms with E-state index in [1.807, 2.05) is 62.4 Å². The monoisotopic (exact) mass is 452 g/mol. The standard InChI is InChI=1S/C25H28N2O4S/c1-4-31-24-15-14-21(16-19(24)3)32(29,30)27-23(17-20-11-6-5-7-12-20)25(28)26-22-13-9-8-10-18(22)2/h5-16,23,27H,4,17H2,1-3H3,(H,26,28). The normalized spacial score (nSPS) is 12.2. The zero-order valence-corrected chi connectivity index (χ0v) is 19.3. The first-order chi connectivity index (χ1) is 15.3. The fraction of sp³-hybridized carbons (Fsp3) is 0.240. The number of anilines is 1. The van der Waals surface area contributed by atoms with Crippen molar-refractivity contribution >= 4 is 21.6 Å². The third-order valence-electron chi connectivity index (χ3n) is 5.06. The summed E-state index contributed by atoms with van der Waals surface area (Å²) in [5.74, 6) is 0.207. The first-order valence-electron chi connectivity index (χ1n) is 10.5. The molecule has 7 heteroatoms. The maximum atomic E-state index is 13.1. The second kappa shape index (κ2) is 10.4. The number of nitrogens with one attached hydrogen (secondary N) is 2. The zero-order valence-electron chi connectivity index (χ0n) is 18.5. The fourth-order valence-electron chi connectivity index (χ4n) is 3.33. The minimum Gasteiger partial charge on any atom is -0.494 e. The van der Waals surface area contributed by atoms with Crippen LogP contribution in [0.3, 0.4) is 0 Å². The zero-order chi connectivity index (χ0) is 23.1. The molecule has 0 aromatic heterocycles. The van der Waals surface area contributed by atoms with Gasteiger partial charge in [0, 0.05) is 5.69 Å².